The van der Waals surface area contributed by atoms with Gasteiger partial charge in [0.25, 0.3) is 6.02 Å². The number of hydrogen-bond donors (Lipinski definition) is 2. The van der Waals surface area contributed by atoms with Crippen LogP contribution in [0.25, 0.3) is 0 Å². The SMILES string of the molecule is NCC[C@H](N=C1NS(=O)(=O)[C@@H]2CCCC[C@@H]2O1)c1ccccc1. The molecule has 0 spiro atoms. The normalized spacial score (nSPS) is 29.2. The predicted octanol–water partition coefficient (Wildman–Crippen LogP) is 1.69. The van der Waals surface area contributed by atoms with Crippen molar-refractivity contribution in [2.75, 3.05) is 6.54 Å². The first-order valence-electron chi connectivity index (χ1n) is 8.11. The highest BCUT2D eigenvalue weighted by Crippen LogP contribution is 2.30. The Morgan fingerprint density at radius 3 is 2.74 bits per heavy atom. The zero-order valence-corrected chi connectivity index (χ0v) is 13.8. The molecule has 2 fully saturated rings. The fraction of sp³-hybridized carbons (Fsp3) is 0.562. The van der Waals surface area contributed by atoms with Crippen LogP contribution < -0.4 is 10.5 Å². The van der Waals surface area contributed by atoms with Crippen LogP contribution in [0, 0.1) is 0 Å². The van der Waals surface area contributed by atoms with Gasteiger partial charge in [0.15, 0.2) is 0 Å². The molecule has 23 heavy (non-hydrogen) atoms. The Hall–Kier alpha value is -1.60. The van der Waals surface area contributed by atoms with E-state index in [1.54, 1.807) is 0 Å². The lowest BCUT2D eigenvalue weighted by atomic mass is 9.97. The maximum absolute atomic E-state index is 12.4. The second-order valence-corrected chi connectivity index (χ2v) is 7.96. The van der Waals surface area contributed by atoms with E-state index in [2.05, 4.69) is 9.71 Å². The van der Waals surface area contributed by atoms with Crippen LogP contribution in [-0.4, -0.2) is 32.3 Å². The van der Waals surface area contributed by atoms with E-state index in [1.165, 1.54) is 0 Å². The van der Waals surface area contributed by atoms with Crippen LogP contribution in [0.2, 0.25) is 0 Å². The highest BCUT2D eigenvalue weighted by molar-refractivity contribution is 7.90. The van der Waals surface area contributed by atoms with Crippen LogP contribution in [0.3, 0.4) is 0 Å². The van der Waals surface area contributed by atoms with Crippen molar-refractivity contribution in [2.45, 2.75) is 49.5 Å². The van der Waals surface area contributed by atoms with Gasteiger partial charge in [-0.2, -0.15) is 0 Å². The second-order valence-electron chi connectivity index (χ2n) is 6.06. The molecule has 3 N–H and O–H groups in total. The Labute approximate surface area is 137 Å². The lowest BCUT2D eigenvalue weighted by Gasteiger charge is -2.36. The van der Waals surface area contributed by atoms with Gasteiger partial charge in [-0.1, -0.05) is 36.8 Å². The topological polar surface area (TPSA) is 93.8 Å². The lowest BCUT2D eigenvalue weighted by molar-refractivity contribution is 0.131. The first kappa shape index (κ1) is 16.3. The summed E-state index contributed by atoms with van der Waals surface area (Å²) in [5.41, 5.74) is 6.68. The van der Waals surface area contributed by atoms with Crippen molar-refractivity contribution < 1.29 is 13.2 Å². The van der Waals surface area contributed by atoms with E-state index in [-0.39, 0.29) is 18.2 Å². The van der Waals surface area contributed by atoms with Crippen LogP contribution in [0.4, 0.5) is 0 Å². The summed E-state index contributed by atoms with van der Waals surface area (Å²) in [5, 5.41) is -0.458. The number of ether oxygens (including phenoxy) is 1. The fourth-order valence-electron chi connectivity index (χ4n) is 3.25. The number of amidine groups is 1. The van der Waals surface area contributed by atoms with Crippen molar-refractivity contribution in [2.24, 2.45) is 10.7 Å². The van der Waals surface area contributed by atoms with Gasteiger partial charge in [-0.05, 0) is 37.8 Å². The third kappa shape index (κ3) is 3.67. The summed E-state index contributed by atoms with van der Waals surface area (Å²) in [6, 6.07) is 9.62. The van der Waals surface area contributed by atoms with E-state index in [0.717, 1.165) is 24.8 Å². The van der Waals surface area contributed by atoms with Gasteiger partial charge in [0.05, 0.1) is 6.04 Å². The Morgan fingerprint density at radius 2 is 2.00 bits per heavy atom. The summed E-state index contributed by atoms with van der Waals surface area (Å²) in [7, 11) is -3.41. The van der Waals surface area contributed by atoms with Gasteiger partial charge in [0, 0.05) is 0 Å². The molecule has 1 aliphatic carbocycles. The summed E-state index contributed by atoms with van der Waals surface area (Å²) in [6.07, 6.45) is 3.68. The van der Waals surface area contributed by atoms with Gasteiger partial charge in [-0.15, -0.1) is 0 Å². The molecule has 1 saturated carbocycles. The predicted molar refractivity (Wildman–Crippen MR) is 89.5 cm³/mol. The molecular formula is C16H23N3O3S. The molecule has 6 nitrogen and oxygen atoms in total. The number of sulfonamides is 1. The summed E-state index contributed by atoms with van der Waals surface area (Å²) < 4.78 is 33.2. The third-order valence-corrected chi connectivity index (χ3v) is 6.23. The molecule has 1 saturated heterocycles. The summed E-state index contributed by atoms with van der Waals surface area (Å²) >= 11 is 0. The number of nitrogens with one attached hydrogen (secondary N) is 1. The van der Waals surface area contributed by atoms with E-state index >= 15 is 0 Å². The van der Waals surface area contributed by atoms with Crippen LogP contribution in [0.1, 0.15) is 43.7 Å². The summed E-state index contributed by atoms with van der Waals surface area (Å²) in [4.78, 5) is 4.51. The van der Waals surface area contributed by atoms with E-state index < -0.39 is 15.3 Å². The molecule has 3 rings (SSSR count). The molecule has 0 aromatic heterocycles. The molecule has 1 aromatic carbocycles. The Bertz CT molecular complexity index is 660. The van der Waals surface area contributed by atoms with Gasteiger partial charge in [-0.25, -0.2) is 18.1 Å². The molecular weight excluding hydrogens is 314 g/mol. The van der Waals surface area contributed by atoms with Gasteiger partial charge in [0.1, 0.15) is 11.4 Å². The Morgan fingerprint density at radius 1 is 1.26 bits per heavy atom. The van der Waals surface area contributed by atoms with Gasteiger partial charge in [-0.3, -0.25) is 0 Å². The number of rotatable bonds is 4. The molecule has 0 unspecified atom stereocenters. The van der Waals surface area contributed by atoms with Crippen molar-refractivity contribution in [1.29, 1.82) is 0 Å². The monoisotopic (exact) mass is 337 g/mol. The van der Waals surface area contributed by atoms with E-state index in [9.17, 15) is 8.42 Å². The van der Waals surface area contributed by atoms with E-state index in [1.807, 2.05) is 30.3 Å². The highest BCUT2D eigenvalue weighted by atomic mass is 32.2. The zero-order valence-electron chi connectivity index (χ0n) is 13.0. The zero-order chi connectivity index (χ0) is 16.3. The average Bonchev–Trinajstić information content (AvgIpc) is 2.55. The average molecular weight is 337 g/mol. The van der Waals surface area contributed by atoms with E-state index in [4.69, 9.17) is 10.5 Å². The summed E-state index contributed by atoms with van der Waals surface area (Å²) in [5.74, 6) is 0. The lowest BCUT2D eigenvalue weighted by Crippen LogP contribution is -2.54. The highest BCUT2D eigenvalue weighted by Gasteiger charge is 2.42. The Balaban J connectivity index is 1.85. The summed E-state index contributed by atoms with van der Waals surface area (Å²) in [6.45, 7) is 0.467. The maximum atomic E-state index is 12.4. The number of aliphatic imine (C=N–C) groups is 1. The van der Waals surface area contributed by atoms with Crippen LogP contribution in [0.15, 0.2) is 35.3 Å². The molecule has 1 aromatic rings. The Kier molecular flexibility index (Phi) is 4.87. The largest absolute Gasteiger partial charge is 0.460 e. The smallest absolute Gasteiger partial charge is 0.299 e. The van der Waals surface area contributed by atoms with Crippen LogP contribution in [0.5, 0.6) is 0 Å². The minimum absolute atomic E-state index is 0.107. The standard InChI is InChI=1S/C16H23N3O3S/c17-11-10-13(12-6-2-1-3-7-12)18-16-19-23(20,21)15-9-5-4-8-14(15)22-16/h1-3,6-7,13-15H,4-5,8-11,17H2,(H,18,19)/t13-,14-,15+/m0/s1. The molecule has 0 radical (unpaired) electrons. The molecule has 0 amide bonds. The molecule has 0 bridgehead atoms. The van der Waals surface area contributed by atoms with Crippen molar-refractivity contribution in [3.05, 3.63) is 35.9 Å². The van der Waals surface area contributed by atoms with Crippen molar-refractivity contribution in [3.8, 4) is 0 Å². The number of fused-ring (bicyclic) bond motifs is 1. The van der Waals surface area contributed by atoms with Crippen LogP contribution >= 0.6 is 0 Å². The number of nitrogens with two attached hydrogens (primary N) is 1. The number of hydrogen-bond acceptors (Lipinski definition) is 5. The maximum Gasteiger partial charge on any atom is 0.299 e. The van der Waals surface area contributed by atoms with Gasteiger partial charge in [0.2, 0.25) is 10.0 Å². The molecule has 126 valence electrons. The molecule has 3 atom stereocenters. The van der Waals surface area contributed by atoms with E-state index in [0.29, 0.717) is 19.4 Å². The minimum atomic E-state index is -3.41. The van der Waals surface area contributed by atoms with Gasteiger partial charge < -0.3 is 10.5 Å². The van der Waals surface area contributed by atoms with Crippen molar-refractivity contribution >= 4 is 16.0 Å². The van der Waals surface area contributed by atoms with Crippen molar-refractivity contribution in [1.82, 2.24) is 4.72 Å². The molecule has 1 aliphatic heterocycles. The first-order chi connectivity index (χ1) is 11.1. The molecule has 2 aliphatic rings. The minimum Gasteiger partial charge on any atom is -0.460 e. The molecule has 7 heteroatoms. The number of benzene rings is 1. The first-order valence-corrected chi connectivity index (χ1v) is 9.66. The third-order valence-electron chi connectivity index (χ3n) is 4.43. The van der Waals surface area contributed by atoms with Crippen molar-refractivity contribution in [3.63, 3.8) is 0 Å². The number of nitrogens with zero attached hydrogens (tertiary/aromatic N) is 1. The molecule has 1 heterocycles. The fourth-order valence-corrected chi connectivity index (χ4v) is 4.82. The quantitative estimate of drug-likeness (QED) is 0.874. The van der Waals surface area contributed by atoms with Gasteiger partial charge >= 0.3 is 0 Å². The van der Waals surface area contributed by atoms with Crippen LogP contribution in [-0.2, 0) is 14.8 Å². The second kappa shape index (κ2) is 6.88.